The van der Waals surface area contributed by atoms with Gasteiger partial charge in [-0.3, -0.25) is 4.79 Å². The van der Waals surface area contributed by atoms with Crippen molar-refractivity contribution in [3.8, 4) is 11.5 Å². The van der Waals surface area contributed by atoms with Gasteiger partial charge in [0.05, 0.1) is 17.4 Å². The summed E-state index contributed by atoms with van der Waals surface area (Å²) >= 11 is 1.56. The molecule has 10 heteroatoms. The number of aryl methyl sites for hydroxylation is 1. The van der Waals surface area contributed by atoms with Crippen LogP contribution in [0.4, 0.5) is 11.5 Å². The number of nitrogens with one attached hydrogen (secondary N) is 2. The van der Waals surface area contributed by atoms with E-state index < -0.39 is 12.5 Å². The highest BCUT2D eigenvalue weighted by molar-refractivity contribution is 7.09. The first kappa shape index (κ1) is 23.4. The van der Waals surface area contributed by atoms with Crippen LogP contribution in [0.3, 0.4) is 0 Å². The van der Waals surface area contributed by atoms with Crippen molar-refractivity contribution in [2.24, 2.45) is 0 Å². The summed E-state index contributed by atoms with van der Waals surface area (Å²) in [7, 11) is 0. The molecule has 0 bridgehead atoms. The van der Waals surface area contributed by atoms with Gasteiger partial charge in [0.2, 0.25) is 5.91 Å². The summed E-state index contributed by atoms with van der Waals surface area (Å²) in [6.07, 6.45) is 2.93. The van der Waals surface area contributed by atoms with Gasteiger partial charge in [-0.05, 0) is 49.7 Å². The van der Waals surface area contributed by atoms with Gasteiger partial charge in [-0.1, -0.05) is 6.07 Å². The number of hydrogen-bond acceptors (Lipinski definition) is 9. The Balaban J connectivity index is 1.52. The molecule has 176 valence electrons. The molecule has 4 aromatic rings. The molecule has 0 saturated carbocycles. The molecule has 0 saturated heterocycles. The van der Waals surface area contributed by atoms with Crippen LogP contribution in [-0.2, 0) is 11.4 Å². The maximum atomic E-state index is 11.3. The number of carbonyl (C=O) groups is 1. The summed E-state index contributed by atoms with van der Waals surface area (Å²) in [6.45, 7) is 3.95. The number of anilines is 2. The van der Waals surface area contributed by atoms with Crippen molar-refractivity contribution >= 4 is 39.7 Å². The van der Waals surface area contributed by atoms with Crippen LogP contribution < -0.4 is 20.1 Å². The number of carbonyl (C=O) groups excluding carboxylic acids is 1. The van der Waals surface area contributed by atoms with Crippen molar-refractivity contribution in [2.45, 2.75) is 26.6 Å². The molecule has 0 fully saturated rings. The molecule has 0 aliphatic carbocycles. The van der Waals surface area contributed by atoms with Crippen LogP contribution in [0.2, 0.25) is 0 Å². The van der Waals surface area contributed by atoms with Gasteiger partial charge in [-0.2, -0.15) is 0 Å². The lowest BCUT2D eigenvalue weighted by Crippen LogP contribution is -2.35. The molecule has 34 heavy (non-hydrogen) atoms. The zero-order valence-corrected chi connectivity index (χ0v) is 19.6. The fraction of sp³-hybridized carbons (Fsp3) is 0.250. The Morgan fingerprint density at radius 2 is 2.06 bits per heavy atom. The van der Waals surface area contributed by atoms with Crippen molar-refractivity contribution in [1.29, 1.82) is 0 Å². The molecule has 0 radical (unpaired) electrons. The van der Waals surface area contributed by atoms with Crippen molar-refractivity contribution < 1.29 is 19.4 Å². The van der Waals surface area contributed by atoms with Crippen LogP contribution in [0, 0.1) is 6.92 Å². The fourth-order valence-corrected chi connectivity index (χ4v) is 3.86. The van der Waals surface area contributed by atoms with E-state index in [1.165, 1.54) is 6.33 Å². The lowest BCUT2D eigenvalue weighted by atomic mass is 10.1. The van der Waals surface area contributed by atoms with Crippen LogP contribution in [0.15, 0.2) is 54.3 Å². The highest BCUT2D eigenvalue weighted by Gasteiger charge is 2.14. The van der Waals surface area contributed by atoms with Gasteiger partial charge in [0.25, 0.3) is 0 Å². The first-order chi connectivity index (χ1) is 16.5. The molecule has 2 aromatic carbocycles. The molecule has 3 N–H and O–H groups in total. The van der Waals surface area contributed by atoms with Gasteiger partial charge in [0, 0.05) is 17.3 Å². The van der Waals surface area contributed by atoms with Crippen LogP contribution in [0.25, 0.3) is 10.9 Å². The van der Waals surface area contributed by atoms with Gasteiger partial charge >= 0.3 is 0 Å². The molecule has 0 aliphatic rings. The van der Waals surface area contributed by atoms with Gasteiger partial charge in [-0.15, -0.1) is 11.3 Å². The van der Waals surface area contributed by atoms with E-state index in [1.807, 2.05) is 55.6 Å². The quantitative estimate of drug-likeness (QED) is 0.316. The Bertz CT molecular complexity index is 1260. The van der Waals surface area contributed by atoms with Crippen molar-refractivity contribution in [3.05, 3.63) is 64.9 Å². The number of fused-ring (bicyclic) bond motifs is 1. The second kappa shape index (κ2) is 10.9. The molecule has 0 aliphatic heterocycles. The minimum Gasteiger partial charge on any atom is -0.488 e. The van der Waals surface area contributed by atoms with Crippen LogP contribution in [0.5, 0.6) is 11.5 Å². The Hall–Kier alpha value is -3.76. The molecule has 1 atom stereocenters. The van der Waals surface area contributed by atoms with E-state index in [9.17, 15) is 4.79 Å². The van der Waals surface area contributed by atoms with Gasteiger partial charge in [0.15, 0.2) is 0 Å². The normalized spacial score (nSPS) is 11.7. The molecule has 0 spiro atoms. The lowest BCUT2D eigenvalue weighted by molar-refractivity contribution is -0.124. The summed E-state index contributed by atoms with van der Waals surface area (Å²) in [5.41, 5.74) is 2.54. The second-order valence-electron chi connectivity index (χ2n) is 7.58. The summed E-state index contributed by atoms with van der Waals surface area (Å²) in [5, 5.41) is 18.4. The number of aliphatic hydroxyl groups is 1. The van der Waals surface area contributed by atoms with E-state index in [0.29, 0.717) is 18.2 Å². The lowest BCUT2D eigenvalue weighted by Gasteiger charge is -2.18. The number of nitrogens with zero attached hydrogens (tertiary/aromatic N) is 3. The maximum Gasteiger partial charge on any atom is 0.245 e. The Kier molecular flexibility index (Phi) is 7.51. The standard InChI is InChI=1S/C24H25N5O4S/c1-15-10-17(6-7-19(15)32-13-22-25-8-9-34-22)29-24-23-18(27-14-28-24)4-3-5-20(23)33-16(2)11-26-21(31)12-30/h3-10,14,16,30H,11-13H2,1-2H3,(H,26,31)(H,27,28,29). The number of amides is 1. The molecule has 9 nitrogen and oxygen atoms in total. The first-order valence-corrected chi connectivity index (χ1v) is 11.6. The number of rotatable bonds is 10. The first-order valence-electron chi connectivity index (χ1n) is 10.7. The number of ether oxygens (including phenoxy) is 2. The smallest absolute Gasteiger partial charge is 0.245 e. The second-order valence-corrected chi connectivity index (χ2v) is 8.56. The SMILES string of the molecule is Cc1cc(Nc2ncnc3cccc(OC(C)CNC(=O)CO)c23)ccc1OCc1nccs1. The predicted molar refractivity (Wildman–Crippen MR) is 131 cm³/mol. The number of aliphatic hydroxyl groups excluding tert-OH is 1. The molecule has 4 rings (SSSR count). The zero-order valence-electron chi connectivity index (χ0n) is 18.8. The molecule has 1 unspecified atom stereocenters. The summed E-state index contributed by atoms with van der Waals surface area (Å²) in [5.74, 6) is 1.53. The van der Waals surface area contributed by atoms with Gasteiger partial charge in [-0.25, -0.2) is 15.0 Å². The van der Waals surface area contributed by atoms with E-state index in [0.717, 1.165) is 32.9 Å². The van der Waals surface area contributed by atoms with Crippen LogP contribution in [-0.4, -0.2) is 45.2 Å². The highest BCUT2D eigenvalue weighted by atomic mass is 32.1. The Morgan fingerprint density at radius 3 is 2.82 bits per heavy atom. The maximum absolute atomic E-state index is 11.3. The van der Waals surface area contributed by atoms with Crippen molar-refractivity contribution in [2.75, 3.05) is 18.5 Å². The van der Waals surface area contributed by atoms with Crippen LogP contribution >= 0.6 is 11.3 Å². The molecule has 2 heterocycles. The highest BCUT2D eigenvalue weighted by Crippen LogP contribution is 2.33. The van der Waals surface area contributed by atoms with E-state index in [-0.39, 0.29) is 12.6 Å². The van der Waals surface area contributed by atoms with E-state index in [2.05, 4.69) is 25.6 Å². The van der Waals surface area contributed by atoms with E-state index >= 15 is 0 Å². The van der Waals surface area contributed by atoms with Gasteiger partial charge in [0.1, 0.15) is 48.0 Å². The number of hydrogen-bond donors (Lipinski definition) is 3. The minimum absolute atomic E-state index is 0.258. The predicted octanol–water partition coefficient (Wildman–Crippen LogP) is 3.59. The molecule has 1 amide bonds. The monoisotopic (exact) mass is 479 g/mol. The van der Waals surface area contributed by atoms with Crippen molar-refractivity contribution in [3.63, 3.8) is 0 Å². The van der Waals surface area contributed by atoms with Crippen LogP contribution in [0.1, 0.15) is 17.5 Å². The van der Waals surface area contributed by atoms with E-state index in [1.54, 1.807) is 17.5 Å². The Labute approximate surface area is 200 Å². The topological polar surface area (TPSA) is 118 Å². The summed E-state index contributed by atoms with van der Waals surface area (Å²) in [6, 6.07) is 11.4. The minimum atomic E-state index is -0.558. The van der Waals surface area contributed by atoms with Crippen molar-refractivity contribution in [1.82, 2.24) is 20.3 Å². The number of aromatic nitrogens is 3. The molecule has 2 aromatic heterocycles. The van der Waals surface area contributed by atoms with Gasteiger partial charge < -0.3 is 25.2 Å². The average molecular weight is 480 g/mol. The largest absolute Gasteiger partial charge is 0.488 e. The number of thiazole rings is 1. The zero-order chi connectivity index (χ0) is 23.9. The third-order valence-corrected chi connectivity index (χ3v) is 5.71. The summed E-state index contributed by atoms with van der Waals surface area (Å²) in [4.78, 5) is 24.4. The summed E-state index contributed by atoms with van der Waals surface area (Å²) < 4.78 is 12.0. The van der Waals surface area contributed by atoms with E-state index in [4.69, 9.17) is 14.6 Å². The third kappa shape index (κ3) is 5.77. The number of benzene rings is 2. The molecular weight excluding hydrogens is 454 g/mol. The third-order valence-electron chi connectivity index (χ3n) is 4.96. The Morgan fingerprint density at radius 1 is 1.18 bits per heavy atom. The average Bonchev–Trinajstić information content (AvgIpc) is 3.36. The fourth-order valence-electron chi connectivity index (χ4n) is 3.33. The molecular formula is C24H25N5O4S.